The largest absolute Gasteiger partial charge is 0.356 e. The van der Waals surface area contributed by atoms with Crippen LogP contribution in [0.4, 0.5) is 0 Å². The van der Waals surface area contributed by atoms with Crippen LogP contribution < -0.4 is 16.0 Å². The summed E-state index contributed by atoms with van der Waals surface area (Å²) in [6.45, 7) is 7.23. The highest BCUT2D eigenvalue weighted by atomic mass is 16.2. The van der Waals surface area contributed by atoms with Gasteiger partial charge in [0.2, 0.25) is 17.7 Å². The summed E-state index contributed by atoms with van der Waals surface area (Å²) >= 11 is 0. The first-order chi connectivity index (χ1) is 16.9. The number of carbonyl (C=O) groups is 4. The minimum absolute atomic E-state index is 0.0508. The van der Waals surface area contributed by atoms with Gasteiger partial charge in [-0.1, -0.05) is 56.3 Å². The fourth-order valence-electron chi connectivity index (χ4n) is 4.93. The van der Waals surface area contributed by atoms with E-state index >= 15 is 0 Å². The molecule has 1 saturated heterocycles. The maximum absolute atomic E-state index is 13.3. The van der Waals surface area contributed by atoms with Crippen LogP contribution in [0.3, 0.4) is 0 Å². The molecule has 192 valence electrons. The van der Waals surface area contributed by atoms with Gasteiger partial charge in [-0.15, -0.1) is 0 Å². The maximum Gasteiger partial charge on any atom is 0.242 e. The predicted octanol–water partition coefficient (Wildman–Crippen LogP) is 3.33. The van der Waals surface area contributed by atoms with E-state index in [2.05, 4.69) is 41.9 Å². The number of hydrogen-bond acceptors (Lipinski definition) is 4. The van der Waals surface area contributed by atoms with Crippen LogP contribution in [0, 0.1) is 17.3 Å². The molecule has 7 nitrogen and oxygen atoms in total. The number of benzene rings is 1. The van der Waals surface area contributed by atoms with E-state index in [1.807, 2.05) is 37.1 Å². The summed E-state index contributed by atoms with van der Waals surface area (Å²) in [5, 5.41) is 9.03. The average molecular weight is 484 g/mol. The molecule has 1 fully saturated rings. The number of nitrogens with one attached hydrogen (secondary N) is 3. The Bertz CT molecular complexity index is 855. The van der Waals surface area contributed by atoms with E-state index in [9.17, 15) is 14.4 Å². The zero-order valence-electron chi connectivity index (χ0n) is 21.2. The molecule has 0 saturated carbocycles. The number of rotatable bonds is 4. The normalized spacial score (nSPS) is 27.0. The summed E-state index contributed by atoms with van der Waals surface area (Å²) < 4.78 is 0. The molecule has 1 aromatic carbocycles. The van der Waals surface area contributed by atoms with E-state index < -0.39 is 11.5 Å². The summed E-state index contributed by atoms with van der Waals surface area (Å²) in [6.07, 6.45) is 10.1. The van der Waals surface area contributed by atoms with Gasteiger partial charge in [0.25, 0.3) is 0 Å². The maximum atomic E-state index is 13.3. The summed E-state index contributed by atoms with van der Waals surface area (Å²) in [6, 6.07) is 9.50. The quantitative estimate of drug-likeness (QED) is 0.572. The van der Waals surface area contributed by atoms with Crippen molar-refractivity contribution in [2.45, 2.75) is 71.3 Å². The molecule has 1 spiro atoms. The van der Waals surface area contributed by atoms with Gasteiger partial charge in [-0.05, 0) is 62.8 Å². The minimum atomic E-state index is -0.563. The van der Waals surface area contributed by atoms with Crippen molar-refractivity contribution in [3.8, 4) is 0 Å². The fourth-order valence-corrected chi connectivity index (χ4v) is 4.93. The first-order valence-electron chi connectivity index (χ1n) is 12.7. The Morgan fingerprint density at radius 3 is 2.31 bits per heavy atom. The lowest BCUT2D eigenvalue weighted by Crippen LogP contribution is -2.50. The van der Waals surface area contributed by atoms with Crippen LogP contribution in [0.5, 0.6) is 0 Å². The zero-order valence-corrected chi connectivity index (χ0v) is 21.2. The summed E-state index contributed by atoms with van der Waals surface area (Å²) in [5.41, 5.74) is 0.682. The third-order valence-corrected chi connectivity index (χ3v) is 6.91. The van der Waals surface area contributed by atoms with Crippen molar-refractivity contribution in [1.82, 2.24) is 16.0 Å². The van der Waals surface area contributed by atoms with Crippen LogP contribution in [0.1, 0.15) is 64.4 Å². The third-order valence-electron chi connectivity index (χ3n) is 6.91. The number of hydrogen-bond donors (Lipinski definition) is 3. The summed E-state index contributed by atoms with van der Waals surface area (Å²) in [5.74, 6) is -0.0347. The second kappa shape index (κ2) is 14.4. The smallest absolute Gasteiger partial charge is 0.242 e. The average Bonchev–Trinajstić information content (AvgIpc) is 3.20. The van der Waals surface area contributed by atoms with Gasteiger partial charge in [0.05, 0.1) is 5.41 Å². The molecule has 7 heteroatoms. The SMILES string of the molecule is C=O.CC(C)CC1NC(=O)C(Cc2ccccc2)CCC/C=C/CC2(CCNC1=O)CCNC2=O. The number of amides is 3. The Labute approximate surface area is 209 Å². The Hall–Kier alpha value is -2.96. The van der Waals surface area contributed by atoms with E-state index in [4.69, 9.17) is 4.79 Å². The van der Waals surface area contributed by atoms with Crippen molar-refractivity contribution in [3.05, 3.63) is 48.0 Å². The number of carbonyl (C=O) groups excluding carboxylic acids is 4. The van der Waals surface area contributed by atoms with Crippen molar-refractivity contribution in [2.75, 3.05) is 13.1 Å². The Kier molecular flexibility index (Phi) is 11.7. The standard InChI is InChI=1S/C27H39N3O3.CH2O/c1-20(2)18-23-25(32)28-16-14-27(15-17-29-26(27)33)13-9-4-3-8-12-22(24(31)30-23)19-21-10-6-5-7-11-21;1-2/h4-7,9-11,20,22-23H,3,8,12-19H2,1-2H3,(H,28,32)(H,29,33)(H,30,31);1H2/b9-4+;. The lowest BCUT2D eigenvalue weighted by atomic mass is 9.79. The Balaban J connectivity index is 0.00000210. The first kappa shape index (κ1) is 28.3. The summed E-state index contributed by atoms with van der Waals surface area (Å²) in [7, 11) is 0. The molecular formula is C28H41N3O4. The highest BCUT2D eigenvalue weighted by Gasteiger charge is 2.41. The van der Waals surface area contributed by atoms with Gasteiger partial charge in [-0.3, -0.25) is 14.4 Å². The molecule has 0 aliphatic carbocycles. The molecule has 3 unspecified atom stereocenters. The molecule has 3 rings (SSSR count). The van der Waals surface area contributed by atoms with Crippen molar-refractivity contribution in [1.29, 1.82) is 0 Å². The molecule has 2 heterocycles. The zero-order chi connectivity index (χ0) is 25.7. The molecule has 1 aromatic rings. The molecule has 35 heavy (non-hydrogen) atoms. The third kappa shape index (κ3) is 8.64. The van der Waals surface area contributed by atoms with Gasteiger partial charge in [-0.25, -0.2) is 0 Å². The van der Waals surface area contributed by atoms with E-state index in [1.165, 1.54) is 0 Å². The van der Waals surface area contributed by atoms with Crippen LogP contribution in [0.2, 0.25) is 0 Å². The van der Waals surface area contributed by atoms with Crippen molar-refractivity contribution in [3.63, 3.8) is 0 Å². The number of allylic oxidation sites excluding steroid dienone is 2. The molecule has 3 N–H and O–H groups in total. The molecule has 3 amide bonds. The van der Waals surface area contributed by atoms with Crippen LogP contribution in [-0.2, 0) is 25.6 Å². The van der Waals surface area contributed by atoms with Gasteiger partial charge in [0, 0.05) is 19.0 Å². The lowest BCUT2D eigenvalue weighted by molar-refractivity contribution is -0.132. The highest BCUT2D eigenvalue weighted by Crippen LogP contribution is 2.35. The Morgan fingerprint density at radius 1 is 0.971 bits per heavy atom. The van der Waals surface area contributed by atoms with Crippen LogP contribution in [0.15, 0.2) is 42.5 Å². The van der Waals surface area contributed by atoms with Gasteiger partial charge in [0.1, 0.15) is 12.8 Å². The molecular weight excluding hydrogens is 442 g/mol. The van der Waals surface area contributed by atoms with Crippen molar-refractivity contribution < 1.29 is 19.2 Å². The topological polar surface area (TPSA) is 104 Å². The van der Waals surface area contributed by atoms with Gasteiger partial charge < -0.3 is 20.7 Å². The first-order valence-corrected chi connectivity index (χ1v) is 12.7. The molecule has 2 aliphatic heterocycles. The van der Waals surface area contributed by atoms with Crippen LogP contribution in [0.25, 0.3) is 0 Å². The van der Waals surface area contributed by atoms with E-state index in [0.717, 1.165) is 31.2 Å². The molecule has 3 atom stereocenters. The Morgan fingerprint density at radius 2 is 1.66 bits per heavy atom. The summed E-state index contributed by atoms with van der Waals surface area (Å²) in [4.78, 5) is 46.9. The van der Waals surface area contributed by atoms with Gasteiger partial charge in [-0.2, -0.15) is 0 Å². The molecule has 2 aliphatic rings. The van der Waals surface area contributed by atoms with Gasteiger partial charge >= 0.3 is 0 Å². The van der Waals surface area contributed by atoms with Gasteiger partial charge in [0.15, 0.2) is 0 Å². The molecule has 0 radical (unpaired) electrons. The molecule has 0 bridgehead atoms. The van der Waals surface area contributed by atoms with Crippen LogP contribution >= 0.6 is 0 Å². The molecule has 0 aromatic heterocycles. The highest BCUT2D eigenvalue weighted by molar-refractivity contribution is 5.89. The van der Waals surface area contributed by atoms with E-state index in [0.29, 0.717) is 38.8 Å². The van der Waals surface area contributed by atoms with Crippen molar-refractivity contribution >= 4 is 24.5 Å². The lowest BCUT2D eigenvalue weighted by Gasteiger charge is -2.26. The van der Waals surface area contributed by atoms with Crippen molar-refractivity contribution in [2.24, 2.45) is 17.3 Å². The predicted molar refractivity (Wildman–Crippen MR) is 137 cm³/mol. The fraction of sp³-hybridized carbons (Fsp3) is 0.571. The monoisotopic (exact) mass is 483 g/mol. The van der Waals surface area contributed by atoms with E-state index in [-0.39, 0.29) is 29.6 Å². The van der Waals surface area contributed by atoms with E-state index in [1.54, 1.807) is 0 Å². The second-order valence-corrected chi connectivity index (χ2v) is 10.0. The minimum Gasteiger partial charge on any atom is -0.356 e. The van der Waals surface area contributed by atoms with Crippen LogP contribution in [-0.4, -0.2) is 43.6 Å². The second-order valence-electron chi connectivity index (χ2n) is 10.0.